The highest BCUT2D eigenvalue weighted by atomic mass is 16.5. The molecule has 6 rings (SSSR count). The Kier molecular flexibility index (Phi) is 8.03. The third kappa shape index (κ3) is 5.64. The van der Waals surface area contributed by atoms with Gasteiger partial charge in [0.05, 0.1) is 32.5 Å². The molecule has 206 valence electrons. The number of benzene rings is 3. The Morgan fingerprint density at radius 1 is 0.821 bits per heavy atom. The van der Waals surface area contributed by atoms with Gasteiger partial charge in [0.25, 0.3) is 0 Å². The second-order valence-corrected chi connectivity index (χ2v) is 11.8. The molecule has 2 aliphatic heterocycles. The Morgan fingerprint density at radius 3 is 2.13 bits per heavy atom. The summed E-state index contributed by atoms with van der Waals surface area (Å²) in [6.07, 6.45) is 5.39. The van der Waals surface area contributed by atoms with Crippen LogP contribution in [0.1, 0.15) is 42.4 Å². The van der Waals surface area contributed by atoms with Crippen molar-refractivity contribution in [1.82, 2.24) is 4.90 Å². The molecule has 5 nitrogen and oxygen atoms in total. The molecule has 0 unspecified atom stereocenters. The third-order valence-corrected chi connectivity index (χ3v) is 9.38. The van der Waals surface area contributed by atoms with E-state index in [-0.39, 0.29) is 30.4 Å². The van der Waals surface area contributed by atoms with Crippen LogP contribution in [0.4, 0.5) is 0 Å². The molecular formula is C34H41NO4. The molecule has 2 saturated heterocycles. The molecule has 3 aromatic carbocycles. The minimum Gasteiger partial charge on any atom is -0.497 e. The van der Waals surface area contributed by atoms with Crippen LogP contribution in [0.3, 0.4) is 0 Å². The maximum absolute atomic E-state index is 10.2. The number of nitrogens with zero attached hydrogens (tertiary/aromatic N) is 1. The molecule has 3 aromatic rings. The molecule has 3 aliphatic rings. The van der Waals surface area contributed by atoms with Crippen LogP contribution in [0.25, 0.3) is 0 Å². The normalized spacial score (nSPS) is 30.2. The number of hydrogen-bond acceptors (Lipinski definition) is 5. The third-order valence-electron chi connectivity index (χ3n) is 9.38. The molecule has 1 aliphatic carbocycles. The number of piperidine rings is 1. The number of hydrogen-bond donors (Lipinski definition) is 1. The van der Waals surface area contributed by atoms with Crippen LogP contribution in [0.15, 0.2) is 84.9 Å². The van der Waals surface area contributed by atoms with E-state index in [0.717, 1.165) is 44.4 Å². The van der Waals surface area contributed by atoms with Crippen LogP contribution < -0.4 is 4.74 Å². The predicted octanol–water partition coefficient (Wildman–Crippen LogP) is 5.64. The summed E-state index contributed by atoms with van der Waals surface area (Å²) in [6.45, 7) is 2.41. The lowest BCUT2D eigenvalue weighted by molar-refractivity contribution is -0.184. The number of ether oxygens (including phenoxy) is 3. The summed E-state index contributed by atoms with van der Waals surface area (Å²) in [4.78, 5) is 2.73. The fourth-order valence-electron chi connectivity index (χ4n) is 7.55. The van der Waals surface area contributed by atoms with E-state index in [0.29, 0.717) is 25.0 Å². The Bertz CT molecular complexity index is 1190. The molecule has 39 heavy (non-hydrogen) atoms. The lowest BCUT2D eigenvalue weighted by Gasteiger charge is -2.58. The van der Waals surface area contributed by atoms with Crippen molar-refractivity contribution in [2.45, 2.75) is 69.1 Å². The van der Waals surface area contributed by atoms with Crippen LogP contribution in [-0.4, -0.2) is 54.1 Å². The van der Waals surface area contributed by atoms with Crippen LogP contribution in [0.5, 0.6) is 5.75 Å². The zero-order valence-corrected chi connectivity index (χ0v) is 23.0. The second-order valence-electron chi connectivity index (χ2n) is 11.8. The average Bonchev–Trinajstić information content (AvgIpc) is 3.35. The van der Waals surface area contributed by atoms with Crippen molar-refractivity contribution >= 4 is 0 Å². The SMILES string of the molecule is COc1ccc(C[C@@H]2[C@@H](OCc3ccccc3)[C@H]3C[C@@]4(CC[C@@H]3OCc3ccccc3)C[C@H](CO)CN24)cc1. The first-order chi connectivity index (χ1) is 19.2. The molecule has 0 amide bonds. The number of methoxy groups -OCH3 is 1. The Morgan fingerprint density at radius 2 is 1.49 bits per heavy atom. The van der Waals surface area contributed by atoms with E-state index < -0.39 is 0 Å². The van der Waals surface area contributed by atoms with Crippen molar-refractivity contribution in [3.05, 3.63) is 102 Å². The molecule has 2 heterocycles. The number of rotatable bonds is 10. The van der Waals surface area contributed by atoms with E-state index in [2.05, 4.69) is 89.8 Å². The molecular weight excluding hydrogens is 486 g/mol. The van der Waals surface area contributed by atoms with Crippen molar-refractivity contribution in [2.24, 2.45) is 11.8 Å². The van der Waals surface area contributed by atoms with E-state index in [1.165, 1.54) is 16.7 Å². The van der Waals surface area contributed by atoms with Gasteiger partial charge in [0, 0.05) is 30.7 Å². The summed E-state index contributed by atoms with van der Waals surface area (Å²) < 4.78 is 19.1. The van der Waals surface area contributed by atoms with Gasteiger partial charge in [0.15, 0.2) is 0 Å². The molecule has 2 bridgehead atoms. The summed E-state index contributed by atoms with van der Waals surface area (Å²) in [5, 5.41) is 10.2. The van der Waals surface area contributed by atoms with Gasteiger partial charge in [-0.25, -0.2) is 0 Å². The zero-order valence-electron chi connectivity index (χ0n) is 23.0. The molecule has 1 spiro atoms. The van der Waals surface area contributed by atoms with Gasteiger partial charge in [0.1, 0.15) is 5.75 Å². The van der Waals surface area contributed by atoms with E-state index in [4.69, 9.17) is 14.2 Å². The van der Waals surface area contributed by atoms with E-state index in [1.54, 1.807) is 7.11 Å². The van der Waals surface area contributed by atoms with Crippen LogP contribution in [0.2, 0.25) is 0 Å². The van der Waals surface area contributed by atoms with Gasteiger partial charge in [-0.15, -0.1) is 0 Å². The average molecular weight is 528 g/mol. The standard InChI is InChI=1S/C34H41NO4/c1-37-29-14-12-25(13-15-29)18-31-33(39-24-27-10-6-3-7-11-27)30-20-34(19-28(22-36)21-35(31)34)17-16-32(30)38-23-26-8-4-2-5-9-26/h2-15,28,30-33,36H,16-24H2,1H3/t28-,30-,31+,32-,33-,34+/m0/s1. The van der Waals surface area contributed by atoms with Crippen molar-refractivity contribution in [1.29, 1.82) is 0 Å². The highest BCUT2D eigenvalue weighted by Crippen LogP contribution is 2.54. The highest BCUT2D eigenvalue weighted by Gasteiger charge is 2.59. The zero-order chi connectivity index (χ0) is 26.7. The largest absolute Gasteiger partial charge is 0.497 e. The predicted molar refractivity (Wildman–Crippen MR) is 152 cm³/mol. The second kappa shape index (κ2) is 11.8. The van der Waals surface area contributed by atoms with Gasteiger partial charge in [-0.3, -0.25) is 4.90 Å². The van der Waals surface area contributed by atoms with Crippen LogP contribution in [0, 0.1) is 11.8 Å². The Balaban J connectivity index is 1.31. The van der Waals surface area contributed by atoms with Crippen LogP contribution >= 0.6 is 0 Å². The van der Waals surface area contributed by atoms with Crippen LogP contribution in [-0.2, 0) is 29.1 Å². The smallest absolute Gasteiger partial charge is 0.118 e. The lowest BCUT2D eigenvalue weighted by Crippen LogP contribution is -2.67. The monoisotopic (exact) mass is 527 g/mol. The summed E-state index contributed by atoms with van der Waals surface area (Å²) in [6, 6.07) is 29.7. The van der Waals surface area contributed by atoms with Crippen molar-refractivity contribution in [2.75, 3.05) is 20.3 Å². The van der Waals surface area contributed by atoms with Crippen molar-refractivity contribution in [3.63, 3.8) is 0 Å². The minimum absolute atomic E-state index is 0.0407. The summed E-state index contributed by atoms with van der Waals surface area (Å²) >= 11 is 0. The van der Waals surface area contributed by atoms with E-state index in [9.17, 15) is 5.11 Å². The first-order valence-electron chi connectivity index (χ1n) is 14.5. The number of aliphatic hydroxyl groups excluding tert-OH is 1. The highest BCUT2D eigenvalue weighted by molar-refractivity contribution is 5.29. The Labute approximate surface area is 232 Å². The molecule has 5 heteroatoms. The van der Waals surface area contributed by atoms with Gasteiger partial charge in [0.2, 0.25) is 0 Å². The number of aliphatic hydroxyl groups is 1. The fraction of sp³-hybridized carbons (Fsp3) is 0.471. The van der Waals surface area contributed by atoms with Crippen molar-refractivity contribution in [3.8, 4) is 5.75 Å². The topological polar surface area (TPSA) is 51.2 Å². The van der Waals surface area contributed by atoms with Crippen molar-refractivity contribution < 1.29 is 19.3 Å². The molecule has 3 fully saturated rings. The van der Waals surface area contributed by atoms with Gasteiger partial charge < -0.3 is 19.3 Å². The summed E-state index contributed by atoms with van der Waals surface area (Å²) in [5.74, 6) is 1.50. The minimum atomic E-state index is 0.0407. The number of fused-ring (bicyclic) bond motifs is 1. The maximum Gasteiger partial charge on any atom is 0.118 e. The van der Waals surface area contributed by atoms with E-state index in [1.807, 2.05) is 0 Å². The molecule has 0 aromatic heterocycles. The maximum atomic E-state index is 10.2. The fourth-order valence-corrected chi connectivity index (χ4v) is 7.55. The quantitative estimate of drug-likeness (QED) is 0.370. The summed E-state index contributed by atoms with van der Waals surface area (Å²) in [5.41, 5.74) is 3.82. The lowest BCUT2D eigenvalue weighted by atomic mass is 9.64. The molecule has 1 N–H and O–H groups in total. The van der Waals surface area contributed by atoms with Gasteiger partial charge in [-0.2, -0.15) is 0 Å². The molecule has 0 radical (unpaired) electrons. The Hall–Kier alpha value is -2.70. The molecule has 6 atom stereocenters. The summed E-state index contributed by atoms with van der Waals surface area (Å²) in [7, 11) is 1.71. The van der Waals surface area contributed by atoms with E-state index >= 15 is 0 Å². The van der Waals surface area contributed by atoms with Gasteiger partial charge >= 0.3 is 0 Å². The molecule has 1 saturated carbocycles. The van der Waals surface area contributed by atoms with Gasteiger partial charge in [-0.1, -0.05) is 72.8 Å². The first kappa shape index (κ1) is 26.5. The first-order valence-corrected chi connectivity index (χ1v) is 14.5. The van der Waals surface area contributed by atoms with Gasteiger partial charge in [-0.05, 0) is 66.8 Å².